The van der Waals surface area contributed by atoms with E-state index in [1.165, 1.54) is 37.4 Å². The van der Waals surface area contributed by atoms with Crippen molar-refractivity contribution in [2.45, 2.75) is 12.8 Å². The Morgan fingerprint density at radius 1 is 1.20 bits per heavy atom. The van der Waals surface area contributed by atoms with Crippen LogP contribution in [0.1, 0.15) is 18.4 Å². The molecule has 78 valence electrons. The van der Waals surface area contributed by atoms with Gasteiger partial charge in [0, 0.05) is 17.5 Å². The first-order valence-corrected chi connectivity index (χ1v) is 5.92. The number of piperidine rings is 3. The van der Waals surface area contributed by atoms with E-state index in [2.05, 4.69) is 23.6 Å². The lowest BCUT2D eigenvalue weighted by molar-refractivity contribution is 0.179. The second-order valence-corrected chi connectivity index (χ2v) is 4.84. The van der Waals surface area contributed by atoms with E-state index in [-0.39, 0.29) is 0 Å². The van der Waals surface area contributed by atoms with E-state index in [9.17, 15) is 0 Å². The Labute approximate surface area is 96.0 Å². The van der Waals surface area contributed by atoms with Gasteiger partial charge in [-0.15, -0.1) is 0 Å². The predicted octanol–water partition coefficient (Wildman–Crippen LogP) is 3.15. The fraction of sp³-hybridized carbons (Fsp3) is 0.385. The molecule has 3 saturated heterocycles. The molecule has 1 aromatic carbocycles. The van der Waals surface area contributed by atoms with Gasteiger partial charge in [-0.3, -0.25) is 4.90 Å². The first kappa shape index (κ1) is 9.68. The van der Waals surface area contributed by atoms with Crippen LogP contribution in [0.15, 0.2) is 24.3 Å². The van der Waals surface area contributed by atoms with Crippen molar-refractivity contribution >= 4 is 11.6 Å². The first-order valence-electron chi connectivity index (χ1n) is 5.54. The minimum absolute atomic E-state index is 0.758. The predicted molar refractivity (Wildman–Crippen MR) is 62.4 cm³/mol. The zero-order chi connectivity index (χ0) is 10.3. The van der Waals surface area contributed by atoms with Gasteiger partial charge in [-0.1, -0.05) is 23.7 Å². The third-order valence-corrected chi connectivity index (χ3v) is 3.68. The number of rotatable bonds is 1. The summed E-state index contributed by atoms with van der Waals surface area (Å²) in [6.45, 7) is 4.78. The molecule has 0 amide bonds. The number of nitrogens with zero attached hydrogens (tertiary/aromatic N) is 1. The molecule has 0 aliphatic carbocycles. The molecule has 0 atom stereocenters. The van der Waals surface area contributed by atoms with Gasteiger partial charge in [0.15, 0.2) is 0 Å². The maximum Gasteiger partial charge on any atom is 0.0408 e. The largest absolute Gasteiger partial charge is 0.298 e. The van der Waals surface area contributed by atoms with Crippen LogP contribution in [0.5, 0.6) is 0 Å². The van der Waals surface area contributed by atoms with Crippen LogP contribution >= 0.6 is 11.6 Å². The number of benzene rings is 1. The molecule has 0 N–H and O–H groups in total. The molecule has 3 aliphatic heterocycles. The lowest BCUT2D eigenvalue weighted by atomic mass is 9.75. The fourth-order valence-electron chi connectivity index (χ4n) is 2.62. The average molecular weight is 220 g/mol. The summed E-state index contributed by atoms with van der Waals surface area (Å²) in [4.78, 5) is 2.43. The van der Waals surface area contributed by atoms with E-state index in [0.717, 1.165) is 10.9 Å². The van der Waals surface area contributed by atoms with E-state index in [0.29, 0.717) is 0 Å². The van der Waals surface area contributed by atoms with E-state index in [1.54, 1.807) is 0 Å². The summed E-state index contributed by atoms with van der Waals surface area (Å²) in [5.41, 5.74) is 1.30. The van der Waals surface area contributed by atoms with Crippen molar-refractivity contribution in [2.24, 2.45) is 5.92 Å². The number of fused-ring (bicyclic) bond motifs is 3. The van der Waals surface area contributed by atoms with Gasteiger partial charge in [0.2, 0.25) is 0 Å². The highest BCUT2D eigenvalue weighted by Crippen LogP contribution is 2.40. The minimum Gasteiger partial charge on any atom is -0.298 e. The van der Waals surface area contributed by atoms with E-state index in [4.69, 9.17) is 11.6 Å². The van der Waals surface area contributed by atoms with E-state index < -0.39 is 0 Å². The first-order chi connectivity index (χ1) is 7.33. The van der Waals surface area contributed by atoms with Crippen LogP contribution in [0.3, 0.4) is 0 Å². The molecular weight excluding hydrogens is 206 g/mol. The van der Waals surface area contributed by atoms with Crippen LogP contribution in [0.2, 0.25) is 5.02 Å². The van der Waals surface area contributed by atoms with E-state index >= 15 is 0 Å². The van der Waals surface area contributed by atoms with Gasteiger partial charge in [0.1, 0.15) is 0 Å². The maximum atomic E-state index is 6.03. The molecule has 15 heavy (non-hydrogen) atoms. The molecular formula is C13H14ClN. The van der Waals surface area contributed by atoms with Gasteiger partial charge in [-0.05, 0) is 49.5 Å². The highest BCUT2D eigenvalue weighted by atomic mass is 35.5. The molecule has 3 aliphatic rings. The summed E-state index contributed by atoms with van der Waals surface area (Å²) in [6.07, 6.45) is 2.61. The summed E-state index contributed by atoms with van der Waals surface area (Å²) >= 11 is 6.03. The second-order valence-electron chi connectivity index (χ2n) is 4.41. The normalized spacial score (nSPS) is 30.7. The molecule has 2 heteroatoms. The minimum atomic E-state index is 0.758. The van der Waals surface area contributed by atoms with Crippen LogP contribution in [0.4, 0.5) is 0 Å². The summed E-state index contributed by atoms with van der Waals surface area (Å²) < 4.78 is 0. The lowest BCUT2D eigenvalue weighted by Crippen LogP contribution is -2.43. The molecule has 0 aromatic heterocycles. The van der Waals surface area contributed by atoms with Crippen molar-refractivity contribution in [3.63, 3.8) is 0 Å². The SMILES string of the molecule is Clc1cccc([C]2[CH]N3CCC2CC3)c1. The summed E-state index contributed by atoms with van der Waals surface area (Å²) in [5.74, 6) is 2.24. The Hall–Kier alpha value is -0.530. The molecule has 3 heterocycles. The van der Waals surface area contributed by atoms with Crippen LogP contribution in [-0.4, -0.2) is 18.0 Å². The lowest BCUT2D eigenvalue weighted by Gasteiger charge is -2.44. The summed E-state index contributed by atoms with van der Waals surface area (Å²) in [7, 11) is 0. The van der Waals surface area contributed by atoms with Gasteiger partial charge < -0.3 is 0 Å². The van der Waals surface area contributed by atoms with Gasteiger partial charge >= 0.3 is 0 Å². The Kier molecular flexibility index (Phi) is 2.45. The van der Waals surface area contributed by atoms with Gasteiger partial charge in [0.25, 0.3) is 0 Å². The van der Waals surface area contributed by atoms with Crippen molar-refractivity contribution in [1.82, 2.24) is 4.90 Å². The van der Waals surface area contributed by atoms with Crippen molar-refractivity contribution in [2.75, 3.05) is 13.1 Å². The molecule has 2 bridgehead atoms. The average Bonchev–Trinajstić information content (AvgIpc) is 2.30. The quantitative estimate of drug-likeness (QED) is 0.702. The molecule has 2 radical (unpaired) electrons. The number of hydrogen-bond donors (Lipinski definition) is 0. The molecule has 3 fully saturated rings. The standard InChI is InChI=1S/C13H14ClN/c14-12-3-1-2-11(8-12)13-9-15-6-4-10(13)5-7-15/h1-3,8-10H,4-7H2. The Morgan fingerprint density at radius 3 is 2.60 bits per heavy atom. The molecule has 0 saturated carbocycles. The zero-order valence-corrected chi connectivity index (χ0v) is 9.37. The highest BCUT2D eigenvalue weighted by molar-refractivity contribution is 6.30. The highest BCUT2D eigenvalue weighted by Gasteiger charge is 2.35. The molecule has 0 unspecified atom stereocenters. The number of hydrogen-bond acceptors (Lipinski definition) is 1. The van der Waals surface area contributed by atoms with Crippen LogP contribution in [-0.2, 0) is 0 Å². The fourth-order valence-corrected chi connectivity index (χ4v) is 2.81. The van der Waals surface area contributed by atoms with Crippen molar-refractivity contribution in [3.8, 4) is 0 Å². The van der Waals surface area contributed by atoms with Crippen LogP contribution in [0.25, 0.3) is 0 Å². The third-order valence-electron chi connectivity index (χ3n) is 3.45. The molecule has 4 rings (SSSR count). The van der Waals surface area contributed by atoms with Crippen LogP contribution < -0.4 is 0 Å². The zero-order valence-electron chi connectivity index (χ0n) is 8.62. The Morgan fingerprint density at radius 2 is 2.00 bits per heavy atom. The Balaban J connectivity index is 1.88. The summed E-state index contributed by atoms with van der Waals surface area (Å²) in [6, 6.07) is 8.22. The monoisotopic (exact) mass is 219 g/mol. The summed E-state index contributed by atoms with van der Waals surface area (Å²) in [5, 5.41) is 0.838. The van der Waals surface area contributed by atoms with Crippen molar-refractivity contribution in [1.29, 1.82) is 0 Å². The second kappa shape index (κ2) is 3.80. The smallest absolute Gasteiger partial charge is 0.0408 e. The van der Waals surface area contributed by atoms with Crippen molar-refractivity contribution < 1.29 is 0 Å². The van der Waals surface area contributed by atoms with Crippen LogP contribution in [0, 0.1) is 18.4 Å². The number of halogens is 1. The van der Waals surface area contributed by atoms with Gasteiger partial charge in [-0.25, -0.2) is 0 Å². The molecule has 1 nitrogen and oxygen atoms in total. The van der Waals surface area contributed by atoms with Gasteiger partial charge in [0.05, 0.1) is 0 Å². The van der Waals surface area contributed by atoms with E-state index in [1.807, 2.05) is 12.1 Å². The van der Waals surface area contributed by atoms with Crippen molar-refractivity contribution in [3.05, 3.63) is 47.3 Å². The maximum absolute atomic E-state index is 6.03. The molecule has 1 aromatic rings. The Bertz CT molecular complexity index is 355. The van der Waals surface area contributed by atoms with Gasteiger partial charge in [-0.2, -0.15) is 0 Å². The third kappa shape index (κ3) is 1.79. The molecule has 0 spiro atoms. The topological polar surface area (TPSA) is 3.24 Å².